The second-order valence-corrected chi connectivity index (χ2v) is 5.21. The van der Waals surface area contributed by atoms with Crippen LogP contribution in [0.15, 0.2) is 24.3 Å². The third-order valence-electron chi connectivity index (χ3n) is 2.96. The highest BCUT2D eigenvalue weighted by Crippen LogP contribution is 2.15. The van der Waals surface area contributed by atoms with Crippen molar-refractivity contribution >= 4 is 6.03 Å². The van der Waals surface area contributed by atoms with Crippen LogP contribution < -0.4 is 10.6 Å². The molecule has 3 N–H and O–H groups in total. The van der Waals surface area contributed by atoms with Crippen LogP contribution in [-0.2, 0) is 0 Å². The normalized spacial score (nSPS) is 12.2. The van der Waals surface area contributed by atoms with E-state index in [2.05, 4.69) is 24.5 Å². The van der Waals surface area contributed by atoms with Crippen molar-refractivity contribution in [3.05, 3.63) is 35.6 Å². The lowest BCUT2D eigenvalue weighted by Gasteiger charge is -2.13. The first-order valence-corrected chi connectivity index (χ1v) is 6.95. The molecule has 4 nitrogen and oxygen atoms in total. The van der Waals surface area contributed by atoms with Crippen LogP contribution >= 0.6 is 0 Å². The van der Waals surface area contributed by atoms with Gasteiger partial charge in [-0.2, -0.15) is 0 Å². The van der Waals surface area contributed by atoms with Crippen LogP contribution in [-0.4, -0.2) is 24.2 Å². The summed E-state index contributed by atoms with van der Waals surface area (Å²) < 4.78 is 13.4. The van der Waals surface area contributed by atoms with Crippen molar-refractivity contribution in [2.24, 2.45) is 5.92 Å². The number of carbonyl (C=O) groups excluding carboxylic acids is 1. The lowest BCUT2D eigenvalue weighted by molar-refractivity contribution is 0.169. The van der Waals surface area contributed by atoms with Crippen LogP contribution in [0.3, 0.4) is 0 Å². The SMILES string of the molecule is CC(C)CCCNC(=O)NCC(O)c1ccccc1F. The molecule has 0 radical (unpaired) electrons. The van der Waals surface area contributed by atoms with E-state index in [4.69, 9.17) is 0 Å². The molecule has 0 heterocycles. The Labute approximate surface area is 119 Å². The average molecular weight is 282 g/mol. The van der Waals surface area contributed by atoms with Crippen LogP contribution in [0, 0.1) is 11.7 Å². The van der Waals surface area contributed by atoms with Gasteiger partial charge in [-0.1, -0.05) is 32.0 Å². The number of urea groups is 1. The number of nitrogens with one attached hydrogen (secondary N) is 2. The summed E-state index contributed by atoms with van der Waals surface area (Å²) in [6.45, 7) is 4.84. The number of rotatable bonds is 7. The van der Waals surface area contributed by atoms with Crippen LogP contribution in [0.1, 0.15) is 38.4 Å². The number of carbonyl (C=O) groups is 1. The number of aliphatic hydroxyl groups is 1. The molecule has 0 bridgehead atoms. The Hall–Kier alpha value is -1.62. The van der Waals surface area contributed by atoms with Crippen molar-refractivity contribution in [2.75, 3.05) is 13.1 Å². The van der Waals surface area contributed by atoms with Crippen molar-refractivity contribution in [2.45, 2.75) is 32.8 Å². The molecule has 1 rings (SSSR count). The fraction of sp³-hybridized carbons (Fsp3) is 0.533. The Morgan fingerprint density at radius 1 is 1.30 bits per heavy atom. The van der Waals surface area contributed by atoms with Crippen LogP contribution in [0.5, 0.6) is 0 Å². The predicted molar refractivity (Wildman–Crippen MR) is 76.8 cm³/mol. The molecule has 5 heteroatoms. The molecular weight excluding hydrogens is 259 g/mol. The summed E-state index contributed by atoms with van der Waals surface area (Å²) >= 11 is 0. The lowest BCUT2D eigenvalue weighted by atomic mass is 10.1. The van der Waals surface area contributed by atoms with E-state index >= 15 is 0 Å². The van der Waals surface area contributed by atoms with Crippen molar-refractivity contribution in [1.82, 2.24) is 10.6 Å². The fourth-order valence-corrected chi connectivity index (χ4v) is 1.82. The first-order valence-electron chi connectivity index (χ1n) is 6.95. The summed E-state index contributed by atoms with van der Waals surface area (Å²) in [5.74, 6) is 0.141. The Bertz CT molecular complexity index is 424. The van der Waals surface area contributed by atoms with E-state index in [9.17, 15) is 14.3 Å². The lowest BCUT2D eigenvalue weighted by Crippen LogP contribution is -2.38. The van der Waals surface area contributed by atoms with Crippen LogP contribution in [0.2, 0.25) is 0 Å². The van der Waals surface area contributed by atoms with Gasteiger partial charge in [0.15, 0.2) is 0 Å². The monoisotopic (exact) mass is 282 g/mol. The molecule has 1 atom stereocenters. The van der Waals surface area contributed by atoms with Gasteiger partial charge in [0.05, 0.1) is 6.10 Å². The Kier molecular flexibility index (Phi) is 7.01. The number of amides is 2. The number of benzene rings is 1. The fourth-order valence-electron chi connectivity index (χ4n) is 1.82. The summed E-state index contributed by atoms with van der Waals surface area (Å²) in [4.78, 5) is 11.5. The van der Waals surface area contributed by atoms with Crippen LogP contribution in [0.25, 0.3) is 0 Å². The van der Waals surface area contributed by atoms with Crippen molar-refractivity contribution in [3.8, 4) is 0 Å². The highest BCUT2D eigenvalue weighted by molar-refractivity contribution is 5.73. The second kappa shape index (κ2) is 8.53. The zero-order chi connectivity index (χ0) is 15.0. The van der Waals surface area contributed by atoms with Gasteiger partial charge < -0.3 is 15.7 Å². The highest BCUT2D eigenvalue weighted by Gasteiger charge is 2.12. The van der Waals surface area contributed by atoms with E-state index in [0.29, 0.717) is 12.5 Å². The molecule has 0 saturated carbocycles. The van der Waals surface area contributed by atoms with Gasteiger partial charge in [-0.25, -0.2) is 9.18 Å². The van der Waals surface area contributed by atoms with Crippen LogP contribution in [0.4, 0.5) is 9.18 Å². The molecule has 2 amide bonds. The molecule has 0 aromatic heterocycles. The molecule has 0 aliphatic heterocycles. The van der Waals surface area contributed by atoms with E-state index < -0.39 is 11.9 Å². The summed E-state index contributed by atoms with van der Waals surface area (Å²) in [7, 11) is 0. The van der Waals surface area contributed by atoms with E-state index in [1.807, 2.05) is 0 Å². The standard InChI is InChI=1S/C15H23FN2O2/c1-11(2)6-5-9-17-15(20)18-10-14(19)12-7-3-4-8-13(12)16/h3-4,7-8,11,14,19H,5-6,9-10H2,1-2H3,(H2,17,18,20). The van der Waals surface area contributed by atoms with Gasteiger partial charge in [-0.15, -0.1) is 0 Å². The minimum absolute atomic E-state index is 0.0169. The predicted octanol–water partition coefficient (Wildman–Crippen LogP) is 2.59. The van der Waals surface area contributed by atoms with Gasteiger partial charge in [0.2, 0.25) is 0 Å². The Morgan fingerprint density at radius 2 is 2.00 bits per heavy atom. The molecule has 0 aliphatic rings. The molecular formula is C15H23FN2O2. The molecule has 0 aliphatic carbocycles. The summed E-state index contributed by atoms with van der Waals surface area (Å²) in [6.07, 6.45) is 0.927. The molecule has 112 valence electrons. The number of aliphatic hydroxyl groups excluding tert-OH is 1. The zero-order valence-electron chi connectivity index (χ0n) is 12.0. The van der Waals surface area contributed by atoms with Gasteiger partial charge in [-0.05, 0) is 24.8 Å². The summed E-state index contributed by atoms with van der Waals surface area (Å²) in [6, 6.07) is 5.64. The maximum atomic E-state index is 13.4. The number of hydrogen-bond acceptors (Lipinski definition) is 2. The molecule has 0 fully saturated rings. The largest absolute Gasteiger partial charge is 0.386 e. The first-order chi connectivity index (χ1) is 9.50. The minimum Gasteiger partial charge on any atom is -0.386 e. The second-order valence-electron chi connectivity index (χ2n) is 5.21. The molecule has 1 unspecified atom stereocenters. The summed E-state index contributed by atoms with van der Waals surface area (Å²) in [5.41, 5.74) is 0.188. The van der Waals surface area contributed by atoms with Gasteiger partial charge in [-0.3, -0.25) is 0 Å². The Morgan fingerprint density at radius 3 is 2.65 bits per heavy atom. The van der Waals surface area contributed by atoms with E-state index in [1.165, 1.54) is 12.1 Å². The van der Waals surface area contributed by atoms with Crippen molar-refractivity contribution in [3.63, 3.8) is 0 Å². The van der Waals surface area contributed by atoms with Gasteiger partial charge in [0.25, 0.3) is 0 Å². The number of hydrogen-bond donors (Lipinski definition) is 3. The smallest absolute Gasteiger partial charge is 0.314 e. The van der Waals surface area contributed by atoms with Gasteiger partial charge >= 0.3 is 6.03 Å². The third-order valence-corrected chi connectivity index (χ3v) is 2.96. The maximum absolute atomic E-state index is 13.4. The van der Waals surface area contributed by atoms with Crippen molar-refractivity contribution < 1.29 is 14.3 Å². The molecule has 1 aromatic carbocycles. The topological polar surface area (TPSA) is 61.4 Å². The van der Waals surface area contributed by atoms with Crippen molar-refractivity contribution in [1.29, 1.82) is 0 Å². The minimum atomic E-state index is -1.04. The highest BCUT2D eigenvalue weighted by atomic mass is 19.1. The molecule has 0 saturated heterocycles. The van der Waals surface area contributed by atoms with E-state index in [-0.39, 0.29) is 18.1 Å². The van der Waals surface area contributed by atoms with Gasteiger partial charge in [0, 0.05) is 18.7 Å². The van der Waals surface area contributed by atoms with Gasteiger partial charge in [0.1, 0.15) is 5.82 Å². The van der Waals surface area contributed by atoms with E-state index in [1.54, 1.807) is 12.1 Å². The summed E-state index contributed by atoms with van der Waals surface area (Å²) in [5, 5.41) is 15.0. The quantitative estimate of drug-likeness (QED) is 0.673. The Balaban J connectivity index is 2.25. The zero-order valence-corrected chi connectivity index (χ0v) is 12.0. The average Bonchev–Trinajstić information content (AvgIpc) is 2.41. The molecule has 20 heavy (non-hydrogen) atoms. The maximum Gasteiger partial charge on any atom is 0.314 e. The number of halogens is 1. The molecule has 0 spiro atoms. The first kappa shape index (κ1) is 16.4. The molecule has 1 aromatic rings. The van der Waals surface area contributed by atoms with E-state index in [0.717, 1.165) is 12.8 Å². The third kappa shape index (κ3) is 6.02.